The topological polar surface area (TPSA) is 67.2 Å². The maximum atomic E-state index is 12.7. The molecule has 3 saturated carbocycles. The van der Waals surface area contributed by atoms with Crippen LogP contribution in [-0.4, -0.2) is 20.6 Å². The average molecular weight is 367 g/mol. The first-order valence-electron chi connectivity index (χ1n) is 10.6. The fourth-order valence-corrected chi connectivity index (χ4v) is 4.78. The third-order valence-corrected chi connectivity index (χ3v) is 7.47. The van der Waals surface area contributed by atoms with Crippen molar-refractivity contribution in [2.75, 3.05) is 5.32 Å². The molecule has 5 rings (SSSR count). The van der Waals surface area contributed by atoms with Crippen molar-refractivity contribution < 1.29 is 9.90 Å². The number of imidazole rings is 1. The fourth-order valence-electron chi connectivity index (χ4n) is 4.78. The molecule has 144 valence electrons. The number of anilines is 1. The standard InChI is InChI=1S/C22H29N3O2/c1-3-22(27,4-2)14-8-9-18-17(12-14)23-20(25(18)15-6-5-7-15)24-19(26)16-13-21(16)10-11-21/h8-9,12,15-16,27H,3-7,10-11,13H2,1-2H3,(H,23,24,26). The van der Waals surface area contributed by atoms with Gasteiger partial charge in [0.25, 0.3) is 0 Å². The molecule has 2 aromatic rings. The molecule has 2 N–H and O–H groups in total. The Labute approximate surface area is 160 Å². The molecule has 27 heavy (non-hydrogen) atoms. The molecule has 0 saturated heterocycles. The molecule has 0 bridgehead atoms. The van der Waals surface area contributed by atoms with E-state index in [9.17, 15) is 9.90 Å². The minimum absolute atomic E-state index is 0.141. The molecule has 1 atom stereocenters. The van der Waals surface area contributed by atoms with Crippen molar-refractivity contribution in [1.29, 1.82) is 0 Å². The predicted octanol–water partition coefficient (Wildman–Crippen LogP) is 4.51. The molecular weight excluding hydrogens is 338 g/mol. The van der Waals surface area contributed by atoms with Gasteiger partial charge in [0, 0.05) is 12.0 Å². The van der Waals surface area contributed by atoms with Crippen LogP contribution >= 0.6 is 0 Å². The van der Waals surface area contributed by atoms with Crippen molar-refractivity contribution >= 4 is 22.9 Å². The predicted molar refractivity (Wildman–Crippen MR) is 106 cm³/mol. The van der Waals surface area contributed by atoms with Gasteiger partial charge in [0.1, 0.15) is 0 Å². The molecule has 1 spiro atoms. The number of aromatic nitrogens is 2. The fraction of sp³-hybridized carbons (Fsp3) is 0.636. The summed E-state index contributed by atoms with van der Waals surface area (Å²) in [4.78, 5) is 17.5. The minimum atomic E-state index is -0.815. The second kappa shape index (κ2) is 5.81. The van der Waals surface area contributed by atoms with Gasteiger partial charge in [0.15, 0.2) is 0 Å². The lowest BCUT2D eigenvalue weighted by atomic mass is 9.88. The van der Waals surface area contributed by atoms with Gasteiger partial charge in [-0.2, -0.15) is 0 Å². The Kier molecular flexibility index (Phi) is 3.71. The third-order valence-electron chi connectivity index (χ3n) is 7.47. The molecule has 1 aromatic carbocycles. The van der Waals surface area contributed by atoms with Crippen LogP contribution in [0.1, 0.15) is 76.8 Å². The van der Waals surface area contributed by atoms with Crippen molar-refractivity contribution in [3.63, 3.8) is 0 Å². The molecule has 1 heterocycles. The number of fused-ring (bicyclic) bond motifs is 1. The van der Waals surface area contributed by atoms with Crippen LogP contribution in [0.4, 0.5) is 5.95 Å². The molecule has 5 heteroatoms. The van der Waals surface area contributed by atoms with E-state index < -0.39 is 5.60 Å². The van der Waals surface area contributed by atoms with Crippen molar-refractivity contribution in [3.8, 4) is 0 Å². The van der Waals surface area contributed by atoms with Gasteiger partial charge in [-0.15, -0.1) is 0 Å². The number of carbonyl (C=O) groups excluding carboxylic acids is 1. The van der Waals surface area contributed by atoms with E-state index >= 15 is 0 Å². The highest BCUT2D eigenvalue weighted by atomic mass is 16.3. The van der Waals surface area contributed by atoms with E-state index in [1.807, 2.05) is 26.0 Å². The Bertz CT molecular complexity index is 904. The van der Waals surface area contributed by atoms with Crippen LogP contribution in [0.2, 0.25) is 0 Å². The normalized spacial score (nSPS) is 23.4. The van der Waals surface area contributed by atoms with Gasteiger partial charge in [-0.1, -0.05) is 19.9 Å². The number of rotatable bonds is 6. The smallest absolute Gasteiger partial charge is 0.230 e. The number of hydrogen-bond acceptors (Lipinski definition) is 3. The molecule has 0 aliphatic heterocycles. The zero-order valence-corrected chi connectivity index (χ0v) is 16.3. The van der Waals surface area contributed by atoms with Crippen LogP contribution < -0.4 is 5.32 Å². The first-order valence-corrected chi connectivity index (χ1v) is 10.6. The number of aliphatic hydroxyl groups is 1. The number of benzene rings is 1. The van der Waals surface area contributed by atoms with E-state index in [1.54, 1.807) is 0 Å². The number of nitrogens with zero attached hydrogens (tertiary/aromatic N) is 2. The van der Waals surface area contributed by atoms with Crippen LogP contribution in [0.25, 0.3) is 11.0 Å². The maximum Gasteiger partial charge on any atom is 0.230 e. The lowest BCUT2D eigenvalue weighted by Gasteiger charge is -2.29. The van der Waals surface area contributed by atoms with Crippen molar-refractivity contribution in [2.45, 2.75) is 76.9 Å². The second-order valence-electron chi connectivity index (χ2n) is 8.94. The third kappa shape index (κ3) is 2.62. The van der Waals surface area contributed by atoms with Crippen LogP contribution in [0.5, 0.6) is 0 Å². The first kappa shape index (κ1) is 17.2. The highest BCUT2D eigenvalue weighted by Gasteiger charge is 2.65. The van der Waals surface area contributed by atoms with Gasteiger partial charge in [0.2, 0.25) is 11.9 Å². The van der Waals surface area contributed by atoms with Crippen LogP contribution in [0.3, 0.4) is 0 Å². The number of nitrogens with one attached hydrogen (secondary N) is 1. The quantitative estimate of drug-likeness (QED) is 0.789. The lowest BCUT2D eigenvalue weighted by molar-refractivity contribution is -0.117. The molecular formula is C22H29N3O2. The Hall–Kier alpha value is -1.88. The SMILES string of the molecule is CCC(O)(CC)c1ccc2c(c1)nc(NC(=O)C1CC13CC3)n2C1CCC1. The first-order chi connectivity index (χ1) is 13.0. The van der Waals surface area contributed by atoms with E-state index in [0.717, 1.165) is 35.9 Å². The Morgan fingerprint density at radius 1 is 1.33 bits per heavy atom. The van der Waals surface area contributed by atoms with Crippen molar-refractivity contribution in [2.24, 2.45) is 11.3 Å². The second-order valence-corrected chi connectivity index (χ2v) is 8.94. The summed E-state index contributed by atoms with van der Waals surface area (Å²) in [5, 5.41) is 14.0. The number of hydrogen-bond donors (Lipinski definition) is 2. The number of amides is 1. The number of carbonyl (C=O) groups is 1. The summed E-state index contributed by atoms with van der Waals surface area (Å²) in [5.41, 5.74) is 2.38. The Balaban J connectivity index is 1.52. The van der Waals surface area contributed by atoms with Gasteiger partial charge in [-0.3, -0.25) is 10.1 Å². The molecule has 0 radical (unpaired) electrons. The summed E-state index contributed by atoms with van der Waals surface area (Å²) in [6.45, 7) is 4.02. The van der Waals surface area contributed by atoms with Crippen LogP contribution in [-0.2, 0) is 10.4 Å². The monoisotopic (exact) mass is 367 g/mol. The average Bonchev–Trinajstić information content (AvgIpc) is 3.54. The van der Waals surface area contributed by atoms with E-state index in [2.05, 4.69) is 16.0 Å². The van der Waals surface area contributed by atoms with Gasteiger partial charge in [-0.05, 0) is 74.5 Å². The Morgan fingerprint density at radius 3 is 2.63 bits per heavy atom. The summed E-state index contributed by atoms with van der Waals surface area (Å²) in [5.74, 6) is 1.02. The van der Waals surface area contributed by atoms with Crippen LogP contribution in [0, 0.1) is 11.3 Å². The van der Waals surface area contributed by atoms with Gasteiger partial charge >= 0.3 is 0 Å². The lowest BCUT2D eigenvalue weighted by Crippen LogP contribution is -2.23. The van der Waals surface area contributed by atoms with E-state index in [4.69, 9.17) is 4.98 Å². The summed E-state index contributed by atoms with van der Waals surface area (Å²) in [6.07, 6.45) is 8.31. The summed E-state index contributed by atoms with van der Waals surface area (Å²) in [7, 11) is 0. The largest absolute Gasteiger partial charge is 0.385 e. The maximum absolute atomic E-state index is 12.7. The molecule has 1 amide bonds. The Morgan fingerprint density at radius 2 is 2.07 bits per heavy atom. The summed E-state index contributed by atoms with van der Waals surface area (Å²) < 4.78 is 2.22. The van der Waals surface area contributed by atoms with Crippen molar-refractivity contribution in [3.05, 3.63) is 23.8 Å². The molecule has 1 aromatic heterocycles. The zero-order chi connectivity index (χ0) is 18.8. The summed E-state index contributed by atoms with van der Waals surface area (Å²) >= 11 is 0. The van der Waals surface area contributed by atoms with Gasteiger partial charge in [0.05, 0.1) is 16.6 Å². The molecule has 3 aliphatic rings. The highest BCUT2D eigenvalue weighted by Crippen LogP contribution is 2.70. The molecule has 3 fully saturated rings. The molecule has 3 aliphatic carbocycles. The molecule has 5 nitrogen and oxygen atoms in total. The van der Waals surface area contributed by atoms with Gasteiger partial charge < -0.3 is 9.67 Å². The summed E-state index contributed by atoms with van der Waals surface area (Å²) in [6, 6.07) is 6.52. The van der Waals surface area contributed by atoms with E-state index in [0.29, 0.717) is 30.2 Å². The van der Waals surface area contributed by atoms with E-state index in [1.165, 1.54) is 19.3 Å². The van der Waals surface area contributed by atoms with Gasteiger partial charge in [-0.25, -0.2) is 4.98 Å². The molecule has 1 unspecified atom stereocenters. The minimum Gasteiger partial charge on any atom is -0.385 e. The zero-order valence-electron chi connectivity index (χ0n) is 16.3. The van der Waals surface area contributed by atoms with Crippen molar-refractivity contribution in [1.82, 2.24) is 9.55 Å². The van der Waals surface area contributed by atoms with Crippen LogP contribution in [0.15, 0.2) is 18.2 Å². The van der Waals surface area contributed by atoms with E-state index in [-0.39, 0.29) is 11.8 Å². The highest BCUT2D eigenvalue weighted by molar-refractivity contribution is 5.96.